The summed E-state index contributed by atoms with van der Waals surface area (Å²) < 4.78 is 25.2. The topological polar surface area (TPSA) is 108 Å². The minimum Gasteiger partial charge on any atom is -0.495 e. The molecule has 0 spiro atoms. The number of fused-ring (bicyclic) bond motifs is 1. The fourth-order valence-electron chi connectivity index (χ4n) is 3.66. The van der Waals surface area contributed by atoms with Gasteiger partial charge in [-0.25, -0.2) is 14.3 Å². The van der Waals surface area contributed by atoms with Crippen LogP contribution in [-0.2, 0) is 14.0 Å². The average molecular weight is 481 g/mol. The van der Waals surface area contributed by atoms with Crippen molar-refractivity contribution in [2.75, 3.05) is 17.7 Å². The van der Waals surface area contributed by atoms with Crippen LogP contribution in [0.3, 0.4) is 0 Å². The summed E-state index contributed by atoms with van der Waals surface area (Å²) in [5, 5.41) is 10.4. The van der Waals surface area contributed by atoms with Crippen LogP contribution < -0.4 is 20.8 Å². The lowest BCUT2D eigenvalue weighted by Crippen LogP contribution is -2.41. The smallest absolute Gasteiger partial charge is 0.495 e. The van der Waals surface area contributed by atoms with Crippen LogP contribution >= 0.6 is 0 Å². The summed E-state index contributed by atoms with van der Waals surface area (Å²) in [6, 6.07) is 7.38. The van der Waals surface area contributed by atoms with Gasteiger partial charge in [0.25, 0.3) is 0 Å². The molecule has 35 heavy (non-hydrogen) atoms. The number of hydrogen-bond acceptors (Lipinski definition) is 8. The van der Waals surface area contributed by atoms with Gasteiger partial charge in [0, 0.05) is 23.9 Å². The maximum Gasteiger partial charge on any atom is 0.498 e. The molecule has 0 atom stereocenters. The van der Waals surface area contributed by atoms with Gasteiger partial charge in [-0.15, -0.1) is 5.10 Å². The van der Waals surface area contributed by atoms with Crippen LogP contribution in [0.2, 0.25) is 0 Å². The lowest BCUT2D eigenvalue weighted by Gasteiger charge is -2.32. The predicted molar refractivity (Wildman–Crippen MR) is 135 cm³/mol. The van der Waals surface area contributed by atoms with E-state index in [1.807, 2.05) is 45.9 Å². The van der Waals surface area contributed by atoms with Gasteiger partial charge in [-0.2, -0.15) is 0 Å². The van der Waals surface area contributed by atoms with Gasteiger partial charge in [0.15, 0.2) is 11.5 Å². The van der Waals surface area contributed by atoms with E-state index >= 15 is 0 Å². The van der Waals surface area contributed by atoms with Crippen LogP contribution in [0.25, 0.3) is 5.65 Å². The number of benzene rings is 1. The monoisotopic (exact) mass is 481 g/mol. The quantitative estimate of drug-likeness (QED) is 0.524. The number of amides is 1. The summed E-state index contributed by atoms with van der Waals surface area (Å²) in [7, 11) is 1.01. The van der Waals surface area contributed by atoms with Gasteiger partial charge in [-0.05, 0) is 54.5 Å². The number of nitrogens with zero attached hydrogens (tertiary/aromatic N) is 3. The molecule has 2 aromatic heterocycles. The largest absolute Gasteiger partial charge is 0.498 e. The summed E-state index contributed by atoms with van der Waals surface area (Å²) >= 11 is 0. The second-order valence-corrected chi connectivity index (χ2v) is 10.4. The Morgan fingerprint density at radius 3 is 2.43 bits per heavy atom. The molecule has 0 saturated carbocycles. The summed E-state index contributed by atoms with van der Waals surface area (Å²) in [6.07, 6.45) is 2.72. The summed E-state index contributed by atoms with van der Waals surface area (Å²) in [5.74, 6) is 0.877. The Hall–Kier alpha value is -3.31. The maximum absolute atomic E-state index is 12.3. The van der Waals surface area contributed by atoms with Crippen LogP contribution in [0, 0.1) is 0 Å². The molecule has 2 N–H and O–H groups in total. The normalized spacial score (nSPS) is 16.9. The molecule has 0 unspecified atom stereocenters. The molecule has 0 aliphatic carbocycles. The third kappa shape index (κ3) is 5.06. The lowest BCUT2D eigenvalue weighted by molar-refractivity contribution is 0.00578. The Morgan fingerprint density at radius 2 is 1.80 bits per heavy atom. The summed E-state index contributed by atoms with van der Waals surface area (Å²) in [6.45, 7) is 13.4. The van der Waals surface area contributed by atoms with E-state index in [0.29, 0.717) is 28.6 Å². The molecule has 4 rings (SSSR count). The summed E-state index contributed by atoms with van der Waals surface area (Å²) in [5.41, 5.74) is 1.02. The van der Waals surface area contributed by atoms with Crippen molar-refractivity contribution in [2.45, 2.75) is 65.3 Å². The molecular formula is C24H32BN5O5. The molecule has 1 aromatic carbocycles. The molecule has 186 valence electrons. The van der Waals surface area contributed by atoms with Crippen LogP contribution in [0.5, 0.6) is 5.75 Å². The highest BCUT2D eigenvalue weighted by molar-refractivity contribution is 6.63. The SMILES string of the molecule is COc1c(Nc2cc(NC(=O)OC(C)(C)C)nn3ccnc23)cccc1B1OC(C)(C)C(C)(C)O1. The first-order chi connectivity index (χ1) is 16.3. The first kappa shape index (κ1) is 24.8. The highest BCUT2D eigenvalue weighted by Crippen LogP contribution is 2.38. The zero-order valence-corrected chi connectivity index (χ0v) is 21.4. The van der Waals surface area contributed by atoms with E-state index in [4.69, 9.17) is 18.8 Å². The second-order valence-electron chi connectivity index (χ2n) is 10.4. The van der Waals surface area contributed by atoms with Gasteiger partial charge >= 0.3 is 13.2 Å². The molecule has 11 heteroatoms. The van der Waals surface area contributed by atoms with Crippen molar-refractivity contribution in [2.24, 2.45) is 0 Å². The Kier molecular flexibility index (Phi) is 6.18. The Labute approximate surface area is 205 Å². The number of methoxy groups -OCH3 is 1. The van der Waals surface area contributed by atoms with E-state index in [-0.39, 0.29) is 0 Å². The second kappa shape index (κ2) is 8.73. The number of hydrogen-bond donors (Lipinski definition) is 2. The van der Waals surface area contributed by atoms with Gasteiger partial charge in [-0.3, -0.25) is 5.32 Å². The van der Waals surface area contributed by atoms with Gasteiger partial charge in [-0.1, -0.05) is 12.1 Å². The molecule has 1 aliphatic rings. The van der Waals surface area contributed by atoms with Crippen LogP contribution in [0.1, 0.15) is 48.5 Å². The molecule has 1 amide bonds. The minimum atomic E-state index is -0.633. The van der Waals surface area contributed by atoms with E-state index in [9.17, 15) is 4.79 Å². The zero-order chi connectivity index (χ0) is 25.6. The van der Waals surface area contributed by atoms with Crippen molar-refractivity contribution in [3.05, 3.63) is 36.7 Å². The number of para-hydroxylation sites is 1. The van der Waals surface area contributed by atoms with Gasteiger partial charge in [0.1, 0.15) is 11.4 Å². The Morgan fingerprint density at radius 1 is 1.11 bits per heavy atom. The number of imidazole rings is 1. The third-order valence-corrected chi connectivity index (χ3v) is 6.01. The fourth-order valence-corrected chi connectivity index (χ4v) is 3.66. The molecule has 1 saturated heterocycles. The number of aromatic nitrogens is 3. The van der Waals surface area contributed by atoms with Crippen molar-refractivity contribution < 1.29 is 23.6 Å². The molecule has 1 aliphatic heterocycles. The standard InChI is InChI=1S/C24H32BN5O5/c1-22(2,3)33-21(31)28-18-14-17(20-26-12-13-30(20)29-18)27-16-11-9-10-15(19(16)32-8)25-34-23(4,5)24(6,7)35-25/h9-14,27H,1-8H3,(H,28,29,31). The van der Waals surface area contributed by atoms with Crippen molar-refractivity contribution >= 4 is 41.5 Å². The first-order valence-electron chi connectivity index (χ1n) is 11.4. The van der Waals surface area contributed by atoms with E-state index in [2.05, 4.69) is 20.7 Å². The molecule has 3 heterocycles. The number of carbonyl (C=O) groups excluding carboxylic acids is 1. The van der Waals surface area contributed by atoms with E-state index < -0.39 is 30.0 Å². The maximum atomic E-state index is 12.3. The minimum absolute atomic E-state index is 0.299. The molecule has 1 fully saturated rings. The van der Waals surface area contributed by atoms with E-state index in [1.54, 1.807) is 50.9 Å². The van der Waals surface area contributed by atoms with Gasteiger partial charge in [0.05, 0.1) is 29.7 Å². The van der Waals surface area contributed by atoms with Crippen molar-refractivity contribution in [3.8, 4) is 5.75 Å². The van der Waals surface area contributed by atoms with Crippen LogP contribution in [-0.4, -0.2) is 51.7 Å². The average Bonchev–Trinajstić information content (AvgIpc) is 3.27. The molecule has 10 nitrogen and oxygen atoms in total. The lowest BCUT2D eigenvalue weighted by atomic mass is 9.78. The number of ether oxygens (including phenoxy) is 2. The molecule has 0 radical (unpaired) electrons. The zero-order valence-electron chi connectivity index (χ0n) is 21.4. The van der Waals surface area contributed by atoms with E-state index in [1.165, 1.54) is 0 Å². The van der Waals surface area contributed by atoms with Crippen molar-refractivity contribution in [1.82, 2.24) is 14.6 Å². The Balaban J connectivity index is 1.67. The van der Waals surface area contributed by atoms with Crippen LogP contribution in [0.4, 0.5) is 22.0 Å². The molecular weight excluding hydrogens is 449 g/mol. The molecule has 3 aromatic rings. The summed E-state index contributed by atoms with van der Waals surface area (Å²) in [4.78, 5) is 16.7. The predicted octanol–water partition coefficient (Wildman–Crippen LogP) is 4.13. The highest BCUT2D eigenvalue weighted by Gasteiger charge is 2.52. The van der Waals surface area contributed by atoms with Gasteiger partial charge < -0.3 is 24.1 Å². The van der Waals surface area contributed by atoms with Crippen molar-refractivity contribution in [1.29, 1.82) is 0 Å². The van der Waals surface area contributed by atoms with Crippen molar-refractivity contribution in [3.63, 3.8) is 0 Å². The van der Waals surface area contributed by atoms with Crippen LogP contribution in [0.15, 0.2) is 36.7 Å². The third-order valence-electron chi connectivity index (χ3n) is 6.01. The number of carbonyl (C=O) groups is 1. The fraction of sp³-hybridized carbons (Fsp3) is 0.458. The first-order valence-corrected chi connectivity index (χ1v) is 11.4. The highest BCUT2D eigenvalue weighted by atomic mass is 16.7. The van der Waals surface area contributed by atoms with E-state index in [0.717, 1.165) is 5.46 Å². The van der Waals surface area contributed by atoms with Gasteiger partial charge in [0.2, 0.25) is 0 Å². The number of anilines is 3. The Bertz CT molecular complexity index is 1230. The number of rotatable bonds is 5. The molecule has 0 bridgehead atoms. The number of nitrogens with one attached hydrogen (secondary N) is 2.